The zero-order valence-electron chi connectivity index (χ0n) is 10.4. The lowest BCUT2D eigenvalue weighted by molar-refractivity contribution is -0.0184. The molecule has 1 fully saturated rings. The molecule has 1 saturated heterocycles. The summed E-state index contributed by atoms with van der Waals surface area (Å²) in [5.41, 5.74) is 1.43. The molecule has 0 saturated carbocycles. The van der Waals surface area contributed by atoms with Crippen molar-refractivity contribution < 1.29 is 4.74 Å². The summed E-state index contributed by atoms with van der Waals surface area (Å²) in [4.78, 5) is 2.51. The molecule has 0 radical (unpaired) electrons. The van der Waals surface area contributed by atoms with E-state index in [1.807, 2.05) is 0 Å². The minimum atomic E-state index is 0.399. The van der Waals surface area contributed by atoms with Gasteiger partial charge in [0.15, 0.2) is 0 Å². The predicted molar refractivity (Wildman–Crippen MR) is 74.3 cm³/mol. The molecule has 1 aromatic carbocycles. The second-order valence-electron chi connectivity index (χ2n) is 4.71. The summed E-state index contributed by atoms with van der Waals surface area (Å²) in [5.74, 6) is 0. The normalized spacial score (nSPS) is 21.6. The van der Waals surface area contributed by atoms with E-state index in [2.05, 4.69) is 52.0 Å². The molecule has 0 spiro atoms. The van der Waals surface area contributed by atoms with Crippen molar-refractivity contribution in [2.45, 2.75) is 25.9 Å². The molecule has 1 aromatic rings. The lowest BCUT2D eigenvalue weighted by Crippen LogP contribution is -2.41. The quantitative estimate of drug-likeness (QED) is 0.847. The van der Waals surface area contributed by atoms with Crippen LogP contribution >= 0.6 is 15.9 Å². The lowest BCUT2D eigenvalue weighted by atomic mass is 10.1. The summed E-state index contributed by atoms with van der Waals surface area (Å²) in [7, 11) is 0. The molecule has 1 atom stereocenters. The number of ether oxygens (including phenoxy) is 1. The van der Waals surface area contributed by atoms with E-state index in [1.54, 1.807) is 0 Å². The van der Waals surface area contributed by atoms with Gasteiger partial charge in [-0.2, -0.15) is 0 Å². The highest BCUT2D eigenvalue weighted by atomic mass is 79.9. The molecule has 2 nitrogen and oxygen atoms in total. The van der Waals surface area contributed by atoms with E-state index >= 15 is 0 Å². The van der Waals surface area contributed by atoms with E-state index < -0.39 is 0 Å². The van der Waals surface area contributed by atoms with Gasteiger partial charge < -0.3 is 4.74 Å². The van der Waals surface area contributed by atoms with E-state index in [4.69, 9.17) is 4.74 Å². The van der Waals surface area contributed by atoms with Crippen LogP contribution < -0.4 is 0 Å². The summed E-state index contributed by atoms with van der Waals surface area (Å²) in [5, 5.41) is 0. The van der Waals surface area contributed by atoms with Crippen LogP contribution in [0.5, 0.6) is 0 Å². The summed E-state index contributed by atoms with van der Waals surface area (Å²) >= 11 is 3.46. The highest BCUT2D eigenvalue weighted by Crippen LogP contribution is 2.12. The average Bonchev–Trinajstić information content (AvgIpc) is 2.32. The molecular weight excluding hydrogens is 278 g/mol. The molecule has 0 N–H and O–H groups in total. The molecule has 94 valence electrons. The summed E-state index contributed by atoms with van der Waals surface area (Å²) in [6.45, 7) is 6.40. The van der Waals surface area contributed by atoms with Crippen LogP contribution in [0.4, 0.5) is 0 Å². The van der Waals surface area contributed by atoms with Crippen LogP contribution in [0, 0.1) is 0 Å². The van der Waals surface area contributed by atoms with Crippen molar-refractivity contribution >= 4 is 15.9 Å². The van der Waals surface area contributed by atoms with Gasteiger partial charge in [0.1, 0.15) is 0 Å². The van der Waals surface area contributed by atoms with Crippen molar-refractivity contribution in [1.82, 2.24) is 4.90 Å². The van der Waals surface area contributed by atoms with Crippen LogP contribution in [-0.2, 0) is 11.2 Å². The number of hydrogen-bond donors (Lipinski definition) is 0. The van der Waals surface area contributed by atoms with Gasteiger partial charge in [-0.15, -0.1) is 0 Å². The largest absolute Gasteiger partial charge is 0.376 e. The highest BCUT2D eigenvalue weighted by Gasteiger charge is 2.15. The molecule has 1 heterocycles. The molecule has 0 amide bonds. The van der Waals surface area contributed by atoms with Crippen LogP contribution in [0.25, 0.3) is 0 Å². The maximum atomic E-state index is 5.54. The van der Waals surface area contributed by atoms with Crippen LogP contribution in [0.3, 0.4) is 0 Å². The van der Waals surface area contributed by atoms with E-state index in [9.17, 15) is 0 Å². The third-order valence-corrected chi connectivity index (χ3v) is 3.71. The Morgan fingerprint density at radius 1 is 1.35 bits per heavy atom. The SMILES string of the molecule is CC1CN(CCCc2ccc(Br)cc2)CCO1. The van der Waals surface area contributed by atoms with E-state index in [1.165, 1.54) is 24.9 Å². The number of morpholine rings is 1. The second kappa shape index (κ2) is 6.53. The van der Waals surface area contributed by atoms with Gasteiger partial charge in [-0.1, -0.05) is 28.1 Å². The van der Waals surface area contributed by atoms with E-state index in [-0.39, 0.29) is 0 Å². The van der Waals surface area contributed by atoms with Gasteiger partial charge in [-0.3, -0.25) is 4.90 Å². The smallest absolute Gasteiger partial charge is 0.0674 e. The average molecular weight is 298 g/mol. The molecule has 0 aliphatic carbocycles. The number of benzene rings is 1. The van der Waals surface area contributed by atoms with Crippen molar-refractivity contribution in [2.75, 3.05) is 26.2 Å². The minimum Gasteiger partial charge on any atom is -0.376 e. The van der Waals surface area contributed by atoms with Crippen LogP contribution in [0.1, 0.15) is 18.9 Å². The van der Waals surface area contributed by atoms with Gasteiger partial charge in [0.25, 0.3) is 0 Å². The van der Waals surface area contributed by atoms with Crippen molar-refractivity contribution in [1.29, 1.82) is 0 Å². The first-order valence-corrected chi connectivity index (χ1v) is 7.12. The zero-order chi connectivity index (χ0) is 12.1. The maximum Gasteiger partial charge on any atom is 0.0674 e. The summed E-state index contributed by atoms with van der Waals surface area (Å²) in [6.07, 6.45) is 2.80. The standard InChI is InChI=1S/C14H20BrNO/c1-12-11-16(9-10-17-12)8-2-3-13-4-6-14(15)7-5-13/h4-7,12H,2-3,8-11H2,1H3. The summed E-state index contributed by atoms with van der Waals surface area (Å²) < 4.78 is 6.69. The maximum absolute atomic E-state index is 5.54. The Kier molecular flexibility index (Phi) is 5.01. The molecular formula is C14H20BrNO. The fraction of sp³-hybridized carbons (Fsp3) is 0.571. The van der Waals surface area contributed by atoms with E-state index in [0.717, 1.165) is 24.2 Å². The fourth-order valence-electron chi connectivity index (χ4n) is 2.25. The zero-order valence-corrected chi connectivity index (χ0v) is 11.9. The van der Waals surface area contributed by atoms with Gasteiger partial charge >= 0.3 is 0 Å². The molecule has 17 heavy (non-hydrogen) atoms. The highest BCUT2D eigenvalue weighted by molar-refractivity contribution is 9.10. The third-order valence-electron chi connectivity index (χ3n) is 3.18. The lowest BCUT2D eigenvalue weighted by Gasteiger charge is -2.30. The molecule has 1 unspecified atom stereocenters. The van der Waals surface area contributed by atoms with Gasteiger partial charge in [0.05, 0.1) is 12.7 Å². The van der Waals surface area contributed by atoms with Gasteiger partial charge in [-0.25, -0.2) is 0 Å². The Bertz CT molecular complexity index is 339. The van der Waals surface area contributed by atoms with Crippen molar-refractivity contribution in [2.24, 2.45) is 0 Å². The van der Waals surface area contributed by atoms with Crippen LogP contribution in [-0.4, -0.2) is 37.2 Å². The molecule has 1 aliphatic heterocycles. The molecule has 1 aliphatic rings. The first-order valence-electron chi connectivity index (χ1n) is 6.32. The van der Waals surface area contributed by atoms with Crippen LogP contribution in [0.2, 0.25) is 0 Å². The number of halogens is 1. The molecule has 2 rings (SSSR count). The Labute approximate surface area is 112 Å². The Morgan fingerprint density at radius 3 is 2.82 bits per heavy atom. The number of aryl methyl sites for hydroxylation is 1. The topological polar surface area (TPSA) is 12.5 Å². The first kappa shape index (κ1) is 13.1. The number of rotatable bonds is 4. The second-order valence-corrected chi connectivity index (χ2v) is 5.63. The van der Waals surface area contributed by atoms with E-state index in [0.29, 0.717) is 6.10 Å². The monoisotopic (exact) mass is 297 g/mol. The number of nitrogens with zero attached hydrogens (tertiary/aromatic N) is 1. The van der Waals surface area contributed by atoms with Gasteiger partial charge in [0, 0.05) is 17.6 Å². The van der Waals surface area contributed by atoms with Gasteiger partial charge in [0.2, 0.25) is 0 Å². The van der Waals surface area contributed by atoms with Crippen molar-refractivity contribution in [3.8, 4) is 0 Å². The summed E-state index contributed by atoms with van der Waals surface area (Å²) in [6, 6.07) is 8.64. The minimum absolute atomic E-state index is 0.399. The van der Waals surface area contributed by atoms with Gasteiger partial charge in [-0.05, 0) is 44.0 Å². The molecule has 3 heteroatoms. The molecule has 0 aromatic heterocycles. The van der Waals surface area contributed by atoms with Crippen LogP contribution in [0.15, 0.2) is 28.7 Å². The number of hydrogen-bond acceptors (Lipinski definition) is 2. The Morgan fingerprint density at radius 2 is 2.12 bits per heavy atom. The fourth-order valence-corrected chi connectivity index (χ4v) is 2.52. The third kappa shape index (κ3) is 4.41. The molecule has 0 bridgehead atoms. The van der Waals surface area contributed by atoms with Crippen molar-refractivity contribution in [3.05, 3.63) is 34.3 Å². The van der Waals surface area contributed by atoms with Crippen molar-refractivity contribution in [3.63, 3.8) is 0 Å². The predicted octanol–water partition coefficient (Wildman–Crippen LogP) is 3.10. The first-order chi connectivity index (χ1) is 8.24. The Balaban J connectivity index is 1.70. The Hall–Kier alpha value is -0.380.